The van der Waals surface area contributed by atoms with Gasteiger partial charge in [-0.25, -0.2) is 19.9 Å². The van der Waals surface area contributed by atoms with E-state index in [1.54, 1.807) is 14.2 Å². The van der Waals surface area contributed by atoms with Crippen LogP contribution in [0.15, 0.2) is 66.9 Å². The van der Waals surface area contributed by atoms with Crippen LogP contribution in [-0.2, 0) is 27.2 Å². The van der Waals surface area contributed by atoms with E-state index >= 15 is 0 Å². The van der Waals surface area contributed by atoms with Gasteiger partial charge in [0.05, 0.1) is 36.6 Å². The fraction of sp³-hybridized carbons (Fsp3) is 0.434. The molecular formula is C53H57N11O4. The van der Waals surface area contributed by atoms with Crippen LogP contribution in [0.25, 0.3) is 67.2 Å². The molecule has 2 N–H and O–H groups in total. The zero-order valence-electron chi connectivity index (χ0n) is 39.5. The van der Waals surface area contributed by atoms with Crippen molar-refractivity contribution in [3.05, 3.63) is 83.7 Å². The molecule has 15 nitrogen and oxygen atoms in total. The molecule has 348 valence electrons. The Hall–Kier alpha value is -6.74. The number of amides is 2. The molecule has 3 aliphatic carbocycles. The number of aromatic nitrogens is 8. The van der Waals surface area contributed by atoms with Crippen LogP contribution in [0, 0.1) is 23.7 Å². The van der Waals surface area contributed by atoms with Crippen molar-refractivity contribution in [2.75, 3.05) is 27.3 Å². The monoisotopic (exact) mass is 911 g/mol. The van der Waals surface area contributed by atoms with Crippen molar-refractivity contribution in [2.24, 2.45) is 43.5 Å². The van der Waals surface area contributed by atoms with E-state index in [2.05, 4.69) is 67.3 Å². The zero-order valence-corrected chi connectivity index (χ0v) is 39.5. The van der Waals surface area contributed by atoms with E-state index in [0.717, 1.165) is 113 Å². The van der Waals surface area contributed by atoms with Crippen LogP contribution in [0.3, 0.4) is 0 Å². The summed E-state index contributed by atoms with van der Waals surface area (Å²) in [7, 11) is 7.35. The molecule has 6 aromatic heterocycles. The minimum atomic E-state index is -0.00978. The third-order valence-corrected chi connectivity index (χ3v) is 16.8. The number of imidazole rings is 2. The summed E-state index contributed by atoms with van der Waals surface area (Å²) in [6.45, 7) is 7.35. The standard InChI is InChI=1S/C53H57N11O4/c1-7-16-61-39(20-27-10-9-15-55-48(27)61)50-57-36-19-31(23-42(68-6)46(36)59(50)3)53(66)64-26-33-43(32-24-38(64)44(32)33)34-13-11-28-21-40(62(17-8-2)49(28)56-34)51-58-35-18-30(22-41(67-5)47(35)60(51)4)52(65)63-25-29-12-14-37(63)45(29)54/h9-11,13,15,18-23,29,32-33,37-38,43-45H,7-8,12,14,16-17,24-26,54H2,1-6H3/t29-,32?,33-,37-,38+,43?,44+,45-/m0/s1. The molecule has 2 aromatic carbocycles. The Labute approximate surface area is 393 Å². The Morgan fingerprint density at radius 1 is 0.706 bits per heavy atom. The quantitative estimate of drug-likeness (QED) is 0.137. The second-order valence-electron chi connectivity index (χ2n) is 20.1. The van der Waals surface area contributed by atoms with Crippen molar-refractivity contribution < 1.29 is 19.1 Å². The van der Waals surface area contributed by atoms with Gasteiger partial charge < -0.3 is 43.3 Å². The maximum atomic E-state index is 14.7. The van der Waals surface area contributed by atoms with E-state index < -0.39 is 0 Å². The maximum absolute atomic E-state index is 14.7. The average Bonchev–Trinajstić information content (AvgIpc) is 4.21. The Bertz CT molecular complexity index is 3420. The predicted octanol–water partition coefficient (Wildman–Crippen LogP) is 7.77. The second-order valence-corrected chi connectivity index (χ2v) is 20.1. The third kappa shape index (κ3) is 5.68. The zero-order chi connectivity index (χ0) is 46.4. The lowest BCUT2D eigenvalue weighted by atomic mass is 9.46. The van der Waals surface area contributed by atoms with Gasteiger partial charge in [-0.1, -0.05) is 13.8 Å². The first-order valence-electron chi connectivity index (χ1n) is 24.5. The number of likely N-dealkylation sites (tertiary alicyclic amines) is 2. The average molecular weight is 912 g/mol. The number of pyridine rings is 2. The number of carbonyl (C=O) groups excluding carboxylic acids is 2. The van der Waals surface area contributed by atoms with Crippen LogP contribution < -0.4 is 15.2 Å². The summed E-state index contributed by atoms with van der Waals surface area (Å²) in [5.41, 5.74) is 15.8. The molecule has 2 unspecified atom stereocenters. The molecule has 2 aliphatic heterocycles. The number of rotatable bonds is 11. The summed E-state index contributed by atoms with van der Waals surface area (Å²) in [5.74, 6) is 4.85. The van der Waals surface area contributed by atoms with Gasteiger partial charge in [0.15, 0.2) is 11.6 Å². The molecule has 2 saturated heterocycles. The number of carbonyl (C=O) groups is 2. The minimum Gasteiger partial charge on any atom is -0.494 e. The van der Waals surface area contributed by atoms with Gasteiger partial charge >= 0.3 is 0 Å². The fourth-order valence-corrected chi connectivity index (χ4v) is 13.6. The number of methoxy groups -OCH3 is 2. The molecule has 68 heavy (non-hydrogen) atoms. The van der Waals surface area contributed by atoms with Gasteiger partial charge in [-0.3, -0.25) is 9.59 Å². The van der Waals surface area contributed by atoms with Crippen LogP contribution in [0.5, 0.6) is 11.5 Å². The van der Waals surface area contributed by atoms with Crippen LogP contribution in [-0.4, -0.2) is 105 Å². The van der Waals surface area contributed by atoms with E-state index in [1.807, 2.05) is 55.5 Å². The molecule has 15 heteroatoms. The normalized spacial score (nSPS) is 24.7. The summed E-state index contributed by atoms with van der Waals surface area (Å²) >= 11 is 0. The number of piperidine rings is 1. The van der Waals surface area contributed by atoms with Crippen LogP contribution in [0.1, 0.15) is 78.3 Å². The summed E-state index contributed by atoms with van der Waals surface area (Å²) in [6, 6.07) is 20.8. The van der Waals surface area contributed by atoms with E-state index in [0.29, 0.717) is 64.9 Å². The highest BCUT2D eigenvalue weighted by atomic mass is 16.5. The van der Waals surface area contributed by atoms with Gasteiger partial charge in [0, 0.05) is 98.1 Å². The first kappa shape index (κ1) is 41.4. The number of nitrogens with zero attached hydrogens (tertiary/aromatic N) is 10. The van der Waals surface area contributed by atoms with E-state index in [1.165, 1.54) is 0 Å². The molecule has 5 aliphatic rings. The van der Waals surface area contributed by atoms with Crippen molar-refractivity contribution in [1.82, 2.24) is 48.0 Å². The molecule has 2 bridgehead atoms. The van der Waals surface area contributed by atoms with E-state index in [-0.39, 0.29) is 35.9 Å². The lowest BCUT2D eigenvalue weighted by molar-refractivity contribution is -0.0486. The van der Waals surface area contributed by atoms with E-state index in [9.17, 15) is 9.59 Å². The van der Waals surface area contributed by atoms with Crippen molar-refractivity contribution in [3.63, 3.8) is 0 Å². The van der Waals surface area contributed by atoms with Crippen LogP contribution in [0.2, 0.25) is 0 Å². The predicted molar refractivity (Wildman–Crippen MR) is 261 cm³/mol. The van der Waals surface area contributed by atoms with Crippen molar-refractivity contribution in [1.29, 1.82) is 0 Å². The number of benzene rings is 2. The van der Waals surface area contributed by atoms with E-state index in [4.69, 9.17) is 35.1 Å². The Kier molecular flexibility index (Phi) is 9.22. The molecule has 3 saturated carbocycles. The number of fused-ring (bicyclic) bond motifs is 6. The van der Waals surface area contributed by atoms with Crippen LogP contribution >= 0.6 is 0 Å². The number of ether oxygens (including phenoxy) is 2. The molecule has 8 atom stereocenters. The number of nitrogens with two attached hydrogens (primary N) is 1. The van der Waals surface area contributed by atoms with Gasteiger partial charge in [-0.15, -0.1) is 0 Å². The largest absolute Gasteiger partial charge is 0.494 e. The highest BCUT2D eigenvalue weighted by Crippen LogP contribution is 2.67. The first-order valence-corrected chi connectivity index (χ1v) is 24.5. The van der Waals surface area contributed by atoms with Gasteiger partial charge in [-0.2, -0.15) is 0 Å². The second kappa shape index (κ2) is 15.1. The molecule has 5 fully saturated rings. The fourth-order valence-electron chi connectivity index (χ4n) is 13.6. The molecule has 13 rings (SSSR count). The first-order chi connectivity index (χ1) is 33.1. The molecular weight excluding hydrogens is 855 g/mol. The van der Waals surface area contributed by atoms with Gasteiger partial charge in [0.2, 0.25) is 0 Å². The number of hydrogen-bond donors (Lipinski definition) is 1. The topological polar surface area (TPSA) is 156 Å². The van der Waals surface area contributed by atoms with Crippen molar-refractivity contribution in [3.8, 4) is 34.5 Å². The molecule has 2 amide bonds. The molecule has 8 aromatic rings. The lowest BCUT2D eigenvalue weighted by Gasteiger charge is -2.58. The lowest BCUT2D eigenvalue weighted by Crippen LogP contribution is -2.58. The SMILES string of the molecule is CCCn1c(-c2nc3cc(C(=O)N4C[C@H]5C(c6ccc7cc(-c8nc9cc(C(=O)N%10C[C@@H]%11CC[C@H]%10[C@H]%11N)cc(OC)c9n8C)n(CCC)c7n6)C6C[C@@H]4[C@H]65)cc(OC)c3n2C)cc2cccnc21. The number of hydrogen-bond acceptors (Lipinski definition) is 9. The van der Waals surface area contributed by atoms with Crippen LogP contribution in [0.4, 0.5) is 0 Å². The highest BCUT2D eigenvalue weighted by Gasteiger charge is 2.68. The highest BCUT2D eigenvalue weighted by molar-refractivity contribution is 6.02. The smallest absolute Gasteiger partial charge is 0.254 e. The molecule has 0 spiro atoms. The maximum Gasteiger partial charge on any atom is 0.254 e. The Balaban J connectivity index is 0.793. The Morgan fingerprint density at radius 2 is 1.31 bits per heavy atom. The summed E-state index contributed by atoms with van der Waals surface area (Å²) in [5, 5.41) is 2.13. The summed E-state index contributed by atoms with van der Waals surface area (Å²) < 4.78 is 20.6. The van der Waals surface area contributed by atoms with Crippen molar-refractivity contribution in [2.45, 2.75) is 83.1 Å². The van der Waals surface area contributed by atoms with Gasteiger partial charge in [0.25, 0.3) is 11.8 Å². The molecule has 0 radical (unpaired) electrons. The number of aryl methyl sites for hydroxylation is 4. The summed E-state index contributed by atoms with van der Waals surface area (Å²) in [6.07, 6.45) is 6.72. The Morgan fingerprint density at radius 3 is 1.88 bits per heavy atom. The third-order valence-electron chi connectivity index (χ3n) is 16.8. The summed E-state index contributed by atoms with van der Waals surface area (Å²) in [4.78, 5) is 53.2. The van der Waals surface area contributed by atoms with Gasteiger partial charge in [0.1, 0.15) is 33.8 Å². The molecule has 8 heterocycles. The van der Waals surface area contributed by atoms with Gasteiger partial charge in [-0.05, 0) is 116 Å². The minimum absolute atomic E-state index is 0.00978. The van der Waals surface area contributed by atoms with Crippen molar-refractivity contribution >= 4 is 55.9 Å².